The van der Waals surface area contributed by atoms with Crippen molar-refractivity contribution in [1.29, 1.82) is 0 Å². The summed E-state index contributed by atoms with van der Waals surface area (Å²) in [6, 6.07) is 9.09. The van der Waals surface area contributed by atoms with Crippen LogP contribution in [0.1, 0.15) is 37.3 Å². The standard InChI is InChI=1S/C19H25N3O2.ClH/c23-17-8-4-5-13-22(17)18(16-6-2-1-3-7-16)19(24)21-14-15-9-11-20-12-10-15;/h1-3,6-7,9,18,20H,4-5,8,10-14H2,(H,21,24);1H. The third-order valence-electron chi connectivity index (χ3n) is 4.68. The Balaban J connectivity index is 0.00000225. The van der Waals surface area contributed by atoms with Crippen LogP contribution in [0.5, 0.6) is 0 Å². The maximum absolute atomic E-state index is 12.9. The zero-order chi connectivity index (χ0) is 16.8. The molecule has 0 spiro atoms. The van der Waals surface area contributed by atoms with E-state index in [1.807, 2.05) is 30.3 Å². The van der Waals surface area contributed by atoms with E-state index in [2.05, 4.69) is 16.7 Å². The van der Waals surface area contributed by atoms with Crippen LogP contribution in [-0.2, 0) is 9.59 Å². The molecule has 0 saturated carbocycles. The van der Waals surface area contributed by atoms with Gasteiger partial charge in [0.05, 0.1) is 0 Å². The quantitative estimate of drug-likeness (QED) is 0.788. The van der Waals surface area contributed by atoms with Crippen molar-refractivity contribution < 1.29 is 9.59 Å². The number of carbonyl (C=O) groups excluding carboxylic acids is 2. The summed E-state index contributed by atoms with van der Waals surface area (Å²) in [5.74, 6) is -0.0118. The first-order chi connectivity index (χ1) is 11.8. The van der Waals surface area contributed by atoms with Crippen molar-refractivity contribution in [2.45, 2.75) is 31.7 Å². The van der Waals surface area contributed by atoms with Crippen LogP contribution in [-0.4, -0.2) is 42.9 Å². The largest absolute Gasteiger partial charge is 0.350 e. The van der Waals surface area contributed by atoms with Gasteiger partial charge in [-0.25, -0.2) is 0 Å². The van der Waals surface area contributed by atoms with E-state index in [9.17, 15) is 9.59 Å². The highest BCUT2D eigenvalue weighted by Gasteiger charge is 2.32. The molecule has 1 fully saturated rings. The highest BCUT2D eigenvalue weighted by molar-refractivity contribution is 5.89. The monoisotopic (exact) mass is 363 g/mol. The number of hydrogen-bond acceptors (Lipinski definition) is 3. The van der Waals surface area contributed by atoms with Crippen LogP contribution in [0.2, 0.25) is 0 Å². The second-order valence-corrected chi connectivity index (χ2v) is 6.39. The summed E-state index contributed by atoms with van der Waals surface area (Å²) in [4.78, 5) is 27.0. The first-order valence-corrected chi connectivity index (χ1v) is 8.76. The normalized spacial score (nSPS) is 18.8. The Morgan fingerprint density at radius 1 is 1.20 bits per heavy atom. The minimum atomic E-state index is -0.527. The third-order valence-corrected chi connectivity index (χ3v) is 4.68. The topological polar surface area (TPSA) is 61.4 Å². The van der Waals surface area contributed by atoms with Gasteiger partial charge in [-0.2, -0.15) is 0 Å². The number of likely N-dealkylation sites (tertiary alicyclic amines) is 1. The lowest BCUT2D eigenvalue weighted by Crippen LogP contribution is -2.46. The smallest absolute Gasteiger partial charge is 0.247 e. The van der Waals surface area contributed by atoms with E-state index in [4.69, 9.17) is 0 Å². The van der Waals surface area contributed by atoms with Crippen LogP contribution < -0.4 is 10.6 Å². The fourth-order valence-electron chi connectivity index (χ4n) is 3.34. The molecular weight excluding hydrogens is 338 g/mol. The molecule has 136 valence electrons. The molecule has 2 N–H and O–H groups in total. The number of hydrogen-bond donors (Lipinski definition) is 2. The molecule has 2 aliphatic heterocycles. The van der Waals surface area contributed by atoms with Crippen molar-refractivity contribution in [3.05, 3.63) is 47.5 Å². The van der Waals surface area contributed by atoms with Gasteiger partial charge in [-0.3, -0.25) is 9.59 Å². The second kappa shape index (κ2) is 9.59. The summed E-state index contributed by atoms with van der Waals surface area (Å²) < 4.78 is 0. The fourth-order valence-corrected chi connectivity index (χ4v) is 3.34. The van der Waals surface area contributed by atoms with Gasteiger partial charge in [0.25, 0.3) is 0 Å². The average molecular weight is 364 g/mol. The highest BCUT2D eigenvalue weighted by Crippen LogP contribution is 2.25. The molecule has 2 aliphatic rings. The predicted molar refractivity (Wildman–Crippen MR) is 101 cm³/mol. The Kier molecular flexibility index (Phi) is 7.47. The molecule has 2 amide bonds. The number of nitrogens with one attached hydrogen (secondary N) is 2. The summed E-state index contributed by atoms with van der Waals surface area (Å²) in [5.41, 5.74) is 2.13. The minimum absolute atomic E-state index is 0. The summed E-state index contributed by atoms with van der Waals surface area (Å²) in [5, 5.41) is 6.31. The van der Waals surface area contributed by atoms with Crippen molar-refractivity contribution in [1.82, 2.24) is 15.5 Å². The summed E-state index contributed by atoms with van der Waals surface area (Å²) in [7, 11) is 0. The van der Waals surface area contributed by atoms with Gasteiger partial charge < -0.3 is 15.5 Å². The number of rotatable bonds is 5. The SMILES string of the molecule is Cl.O=C(NCC1=CCNCC1)C(c1ccccc1)N1CCCCC1=O. The number of halogens is 1. The Hall–Kier alpha value is -1.85. The zero-order valence-corrected chi connectivity index (χ0v) is 15.2. The van der Waals surface area contributed by atoms with E-state index in [1.54, 1.807) is 4.90 Å². The van der Waals surface area contributed by atoms with E-state index in [-0.39, 0.29) is 24.2 Å². The molecule has 1 atom stereocenters. The number of carbonyl (C=O) groups is 2. The van der Waals surface area contributed by atoms with E-state index in [0.29, 0.717) is 19.5 Å². The molecule has 1 aromatic carbocycles. The molecule has 5 nitrogen and oxygen atoms in total. The fraction of sp³-hybridized carbons (Fsp3) is 0.474. The van der Waals surface area contributed by atoms with Gasteiger partial charge in [0.2, 0.25) is 11.8 Å². The lowest BCUT2D eigenvalue weighted by molar-refractivity contribution is -0.142. The molecule has 0 aliphatic carbocycles. The maximum Gasteiger partial charge on any atom is 0.247 e. The third kappa shape index (κ3) is 5.06. The summed E-state index contributed by atoms with van der Waals surface area (Å²) in [6.07, 6.45) is 5.50. The molecule has 0 bridgehead atoms. The number of nitrogens with zero attached hydrogens (tertiary/aromatic N) is 1. The van der Waals surface area contributed by atoms with Crippen molar-refractivity contribution in [3.8, 4) is 0 Å². The number of benzene rings is 1. The molecule has 1 aromatic rings. The van der Waals surface area contributed by atoms with Crippen LogP contribution in [0.3, 0.4) is 0 Å². The minimum Gasteiger partial charge on any atom is -0.350 e. The summed E-state index contributed by atoms with van der Waals surface area (Å²) in [6.45, 7) is 3.02. The van der Waals surface area contributed by atoms with Crippen molar-refractivity contribution in [2.75, 3.05) is 26.2 Å². The van der Waals surface area contributed by atoms with E-state index < -0.39 is 6.04 Å². The number of piperidine rings is 1. The van der Waals surface area contributed by atoms with Gasteiger partial charge in [0.1, 0.15) is 6.04 Å². The van der Waals surface area contributed by atoms with Gasteiger partial charge >= 0.3 is 0 Å². The van der Waals surface area contributed by atoms with Gasteiger partial charge in [0, 0.05) is 26.1 Å². The first kappa shape index (κ1) is 19.5. The van der Waals surface area contributed by atoms with Crippen LogP contribution >= 0.6 is 12.4 Å². The Bertz CT molecular complexity index is 618. The van der Waals surface area contributed by atoms with Crippen molar-refractivity contribution in [3.63, 3.8) is 0 Å². The Labute approximate surface area is 155 Å². The molecule has 3 rings (SSSR count). The molecule has 0 aromatic heterocycles. The first-order valence-electron chi connectivity index (χ1n) is 8.76. The zero-order valence-electron chi connectivity index (χ0n) is 14.4. The maximum atomic E-state index is 12.9. The molecular formula is C19H26ClN3O2. The predicted octanol–water partition coefficient (Wildman–Crippen LogP) is 2.20. The van der Waals surface area contributed by atoms with E-state index in [0.717, 1.165) is 37.9 Å². The number of amides is 2. The highest BCUT2D eigenvalue weighted by atomic mass is 35.5. The van der Waals surface area contributed by atoms with Crippen molar-refractivity contribution >= 4 is 24.2 Å². The molecule has 1 unspecified atom stereocenters. The van der Waals surface area contributed by atoms with Gasteiger partial charge in [-0.1, -0.05) is 42.0 Å². The Morgan fingerprint density at radius 2 is 2.00 bits per heavy atom. The van der Waals surface area contributed by atoms with Crippen LogP contribution in [0.15, 0.2) is 42.0 Å². The van der Waals surface area contributed by atoms with Crippen LogP contribution in [0.4, 0.5) is 0 Å². The molecule has 1 saturated heterocycles. The Morgan fingerprint density at radius 3 is 2.68 bits per heavy atom. The lowest BCUT2D eigenvalue weighted by Gasteiger charge is -2.34. The van der Waals surface area contributed by atoms with Crippen LogP contribution in [0.25, 0.3) is 0 Å². The van der Waals surface area contributed by atoms with Gasteiger partial charge in [0.15, 0.2) is 0 Å². The van der Waals surface area contributed by atoms with Crippen molar-refractivity contribution in [2.24, 2.45) is 0 Å². The van der Waals surface area contributed by atoms with E-state index >= 15 is 0 Å². The van der Waals surface area contributed by atoms with Gasteiger partial charge in [-0.15, -0.1) is 12.4 Å². The van der Waals surface area contributed by atoms with Crippen LogP contribution in [0, 0.1) is 0 Å². The molecule has 6 heteroatoms. The second-order valence-electron chi connectivity index (χ2n) is 6.39. The molecule has 2 heterocycles. The van der Waals surface area contributed by atoms with Gasteiger partial charge in [-0.05, 0) is 31.4 Å². The van der Waals surface area contributed by atoms with E-state index in [1.165, 1.54) is 5.57 Å². The summed E-state index contributed by atoms with van der Waals surface area (Å²) >= 11 is 0. The molecule has 0 radical (unpaired) electrons. The average Bonchev–Trinajstić information content (AvgIpc) is 2.64. The lowest BCUT2D eigenvalue weighted by atomic mass is 10.00. The molecule has 25 heavy (non-hydrogen) atoms.